The van der Waals surface area contributed by atoms with Gasteiger partial charge in [0.25, 0.3) is 0 Å². The molecule has 0 amide bonds. The molecule has 3 nitrogen and oxygen atoms in total. The fourth-order valence-electron chi connectivity index (χ4n) is 4.09. The largest absolute Gasteiger partial charge is 0.493 e. The zero-order valence-electron chi connectivity index (χ0n) is 20.1. The number of ether oxygens (including phenoxy) is 2. The third-order valence-corrected chi connectivity index (χ3v) is 5.87. The van der Waals surface area contributed by atoms with Crippen LogP contribution >= 0.6 is 0 Å². The molecule has 0 saturated heterocycles. The first-order valence-electron chi connectivity index (χ1n) is 11.3. The van der Waals surface area contributed by atoms with Gasteiger partial charge in [0.15, 0.2) is 0 Å². The van der Waals surface area contributed by atoms with Gasteiger partial charge in [-0.1, -0.05) is 57.2 Å². The third-order valence-electron chi connectivity index (χ3n) is 5.87. The van der Waals surface area contributed by atoms with Gasteiger partial charge in [-0.2, -0.15) is 0 Å². The van der Waals surface area contributed by atoms with Gasteiger partial charge in [0.05, 0.1) is 19.3 Å². The summed E-state index contributed by atoms with van der Waals surface area (Å²) in [4.78, 5) is 11.6. The van der Waals surface area contributed by atoms with Crippen LogP contribution in [0.15, 0.2) is 60.7 Å². The number of carbonyl (C=O) groups is 1. The van der Waals surface area contributed by atoms with E-state index in [1.54, 1.807) is 0 Å². The van der Waals surface area contributed by atoms with E-state index >= 15 is 0 Å². The number of rotatable bonds is 8. The Bertz CT molecular complexity index is 1020. The minimum atomic E-state index is -0.307. The molecule has 0 heterocycles. The zero-order chi connectivity index (χ0) is 23.3. The maximum Gasteiger partial charge on any atom is 0.337 e. The van der Waals surface area contributed by atoms with Crippen LogP contribution in [0.3, 0.4) is 0 Å². The number of hydrogen-bond acceptors (Lipinski definition) is 3. The molecule has 0 aromatic heterocycles. The number of benzene rings is 3. The number of hydrogen-bond donors (Lipinski definition) is 0. The molecular weight excluding hydrogens is 396 g/mol. The molecule has 1 atom stereocenters. The molecule has 32 heavy (non-hydrogen) atoms. The Labute approximate surface area is 192 Å². The van der Waals surface area contributed by atoms with Crippen LogP contribution in [-0.4, -0.2) is 19.7 Å². The molecule has 168 valence electrons. The van der Waals surface area contributed by atoms with Crippen LogP contribution in [0.25, 0.3) is 11.1 Å². The number of methoxy groups -OCH3 is 1. The standard InChI is InChI=1S/C29H34O3/c1-19(2)24-11-13-25(14-12-24)28-21(4)16-27(17-22(28)5)32-18-20(3)15-23-7-9-26(10-8-23)29(30)31-6/h7-14,16-17,19-20H,15,18H2,1-6H3. The van der Waals surface area contributed by atoms with E-state index in [9.17, 15) is 4.79 Å². The zero-order valence-corrected chi connectivity index (χ0v) is 20.1. The Balaban J connectivity index is 1.63. The van der Waals surface area contributed by atoms with Gasteiger partial charge in [-0.05, 0) is 89.8 Å². The molecule has 3 aromatic carbocycles. The highest BCUT2D eigenvalue weighted by atomic mass is 16.5. The maximum absolute atomic E-state index is 11.6. The first kappa shape index (κ1) is 23.6. The van der Waals surface area contributed by atoms with Crippen molar-refractivity contribution >= 4 is 5.97 Å². The van der Waals surface area contributed by atoms with Crippen LogP contribution in [-0.2, 0) is 11.2 Å². The number of carbonyl (C=O) groups excluding carboxylic acids is 1. The second-order valence-electron chi connectivity index (χ2n) is 9.02. The van der Waals surface area contributed by atoms with Crippen LogP contribution < -0.4 is 4.74 Å². The van der Waals surface area contributed by atoms with E-state index < -0.39 is 0 Å². The minimum Gasteiger partial charge on any atom is -0.493 e. The van der Waals surface area contributed by atoms with Gasteiger partial charge in [-0.25, -0.2) is 4.79 Å². The first-order chi connectivity index (χ1) is 15.3. The molecule has 0 N–H and O–H groups in total. The lowest BCUT2D eigenvalue weighted by atomic mass is 9.93. The fourth-order valence-corrected chi connectivity index (χ4v) is 4.09. The van der Waals surface area contributed by atoms with Crippen molar-refractivity contribution in [1.82, 2.24) is 0 Å². The molecule has 3 heteroatoms. The molecule has 0 spiro atoms. The Kier molecular flexibility index (Phi) is 7.74. The Hall–Kier alpha value is -3.07. The van der Waals surface area contributed by atoms with Gasteiger partial charge < -0.3 is 9.47 Å². The fraction of sp³-hybridized carbons (Fsp3) is 0.345. The molecule has 0 aliphatic carbocycles. The molecule has 1 unspecified atom stereocenters. The summed E-state index contributed by atoms with van der Waals surface area (Å²) in [6.07, 6.45) is 0.889. The monoisotopic (exact) mass is 430 g/mol. The highest BCUT2D eigenvalue weighted by Crippen LogP contribution is 2.32. The molecule has 0 aliphatic rings. The van der Waals surface area contributed by atoms with Gasteiger partial charge in [-0.15, -0.1) is 0 Å². The first-order valence-corrected chi connectivity index (χ1v) is 11.3. The highest BCUT2D eigenvalue weighted by Gasteiger charge is 2.12. The van der Waals surface area contributed by atoms with Crippen molar-refractivity contribution < 1.29 is 14.3 Å². The maximum atomic E-state index is 11.6. The average molecular weight is 431 g/mol. The van der Waals surface area contributed by atoms with E-state index in [-0.39, 0.29) is 5.97 Å². The van der Waals surface area contributed by atoms with E-state index in [0.717, 1.165) is 12.2 Å². The van der Waals surface area contributed by atoms with Crippen LogP contribution in [0.2, 0.25) is 0 Å². The molecule has 3 rings (SSSR count). The molecule has 0 fully saturated rings. The van der Waals surface area contributed by atoms with E-state index in [1.807, 2.05) is 24.3 Å². The van der Waals surface area contributed by atoms with Crippen molar-refractivity contribution in [2.75, 3.05) is 13.7 Å². The van der Waals surface area contributed by atoms with E-state index in [0.29, 0.717) is 24.0 Å². The lowest BCUT2D eigenvalue weighted by Crippen LogP contribution is -2.12. The second kappa shape index (κ2) is 10.5. The van der Waals surface area contributed by atoms with Crippen LogP contribution in [0.4, 0.5) is 0 Å². The lowest BCUT2D eigenvalue weighted by molar-refractivity contribution is 0.0600. The van der Waals surface area contributed by atoms with Gasteiger partial charge in [0.1, 0.15) is 5.75 Å². The van der Waals surface area contributed by atoms with Crippen molar-refractivity contribution in [2.24, 2.45) is 5.92 Å². The van der Waals surface area contributed by atoms with Crippen molar-refractivity contribution in [1.29, 1.82) is 0 Å². The summed E-state index contributed by atoms with van der Waals surface area (Å²) in [5.41, 5.74) is 8.10. The topological polar surface area (TPSA) is 35.5 Å². The van der Waals surface area contributed by atoms with E-state index in [2.05, 4.69) is 71.0 Å². The molecule has 0 saturated carbocycles. The highest BCUT2D eigenvalue weighted by molar-refractivity contribution is 5.89. The van der Waals surface area contributed by atoms with Crippen molar-refractivity contribution in [3.8, 4) is 16.9 Å². The van der Waals surface area contributed by atoms with Gasteiger partial charge in [-0.3, -0.25) is 0 Å². The van der Waals surface area contributed by atoms with Crippen LogP contribution in [0.5, 0.6) is 5.75 Å². The minimum absolute atomic E-state index is 0.307. The van der Waals surface area contributed by atoms with Gasteiger partial charge in [0.2, 0.25) is 0 Å². The summed E-state index contributed by atoms with van der Waals surface area (Å²) in [6, 6.07) is 20.8. The molecule has 0 bridgehead atoms. The normalized spacial score (nSPS) is 12.0. The van der Waals surface area contributed by atoms with Crippen molar-refractivity contribution in [2.45, 2.75) is 47.0 Å². The summed E-state index contributed by atoms with van der Waals surface area (Å²) >= 11 is 0. The number of esters is 1. The average Bonchev–Trinajstić information content (AvgIpc) is 2.77. The summed E-state index contributed by atoms with van der Waals surface area (Å²) < 4.78 is 10.9. The predicted octanol–water partition coefficient (Wildman–Crippen LogP) is 7.14. The van der Waals surface area contributed by atoms with Gasteiger partial charge in [0, 0.05) is 0 Å². The lowest BCUT2D eigenvalue weighted by Gasteiger charge is -2.17. The molecule has 0 radical (unpaired) electrons. The molecule has 3 aromatic rings. The summed E-state index contributed by atoms with van der Waals surface area (Å²) in [7, 11) is 1.40. The summed E-state index contributed by atoms with van der Waals surface area (Å²) in [5.74, 6) is 1.49. The van der Waals surface area contributed by atoms with Crippen molar-refractivity contribution in [3.63, 3.8) is 0 Å². The smallest absolute Gasteiger partial charge is 0.337 e. The van der Waals surface area contributed by atoms with Gasteiger partial charge >= 0.3 is 5.97 Å². The molecular formula is C29H34O3. The van der Waals surface area contributed by atoms with Crippen LogP contribution in [0.1, 0.15) is 59.3 Å². The Morgan fingerprint density at radius 3 is 2.00 bits per heavy atom. The number of aryl methyl sites for hydroxylation is 2. The van der Waals surface area contributed by atoms with Crippen molar-refractivity contribution in [3.05, 3.63) is 88.5 Å². The second-order valence-corrected chi connectivity index (χ2v) is 9.02. The SMILES string of the molecule is COC(=O)c1ccc(CC(C)COc2cc(C)c(-c3ccc(C(C)C)cc3)c(C)c2)cc1. The van der Waals surface area contributed by atoms with Crippen LogP contribution in [0, 0.1) is 19.8 Å². The summed E-state index contributed by atoms with van der Waals surface area (Å²) in [6.45, 7) is 11.6. The Morgan fingerprint density at radius 2 is 1.47 bits per heavy atom. The quantitative estimate of drug-likeness (QED) is 0.356. The van der Waals surface area contributed by atoms with E-state index in [4.69, 9.17) is 9.47 Å². The molecule has 0 aliphatic heterocycles. The predicted molar refractivity (Wildman–Crippen MR) is 132 cm³/mol. The third kappa shape index (κ3) is 5.79. The van der Waals surface area contributed by atoms with E-state index in [1.165, 1.54) is 40.5 Å². The summed E-state index contributed by atoms with van der Waals surface area (Å²) in [5, 5.41) is 0. The Morgan fingerprint density at radius 1 is 0.875 bits per heavy atom.